The van der Waals surface area contributed by atoms with Gasteiger partial charge < -0.3 is 15.4 Å². The summed E-state index contributed by atoms with van der Waals surface area (Å²) in [5.74, 6) is -0.538. The quantitative estimate of drug-likeness (QED) is 0.401. The number of nitrogens with one attached hydrogen (secondary N) is 2. The Labute approximate surface area is 198 Å². The van der Waals surface area contributed by atoms with E-state index in [0.717, 1.165) is 59.6 Å². The molecule has 1 aliphatic rings. The molecule has 0 aliphatic carbocycles. The molecule has 1 fully saturated rings. The van der Waals surface area contributed by atoms with E-state index in [1.54, 1.807) is 17.4 Å². The highest BCUT2D eigenvalue weighted by Gasteiger charge is 2.15. The van der Waals surface area contributed by atoms with Gasteiger partial charge in [-0.05, 0) is 30.3 Å². The summed E-state index contributed by atoms with van der Waals surface area (Å²) in [7, 11) is 0. The molecule has 0 spiro atoms. The molecule has 0 saturated carbocycles. The molecule has 0 radical (unpaired) electrons. The summed E-state index contributed by atoms with van der Waals surface area (Å²) in [6, 6.07) is 12.2. The van der Waals surface area contributed by atoms with Gasteiger partial charge >= 0.3 is 0 Å². The maximum atomic E-state index is 13.1. The molecule has 1 saturated heterocycles. The van der Waals surface area contributed by atoms with Crippen LogP contribution in [0.1, 0.15) is 9.67 Å². The summed E-state index contributed by atoms with van der Waals surface area (Å²) in [5.41, 5.74) is 2.21. The summed E-state index contributed by atoms with van der Waals surface area (Å²) in [6.45, 7) is 5.33. The van der Waals surface area contributed by atoms with Crippen molar-refractivity contribution in [2.45, 2.75) is 0 Å². The fourth-order valence-corrected chi connectivity index (χ4v) is 5.57. The van der Waals surface area contributed by atoms with Crippen LogP contribution < -0.4 is 10.6 Å². The fourth-order valence-electron chi connectivity index (χ4n) is 3.53. The number of fused-ring (bicyclic) bond motifs is 1. The Morgan fingerprint density at radius 2 is 1.94 bits per heavy atom. The third kappa shape index (κ3) is 5.36. The number of hydrogen-bond acceptors (Lipinski definition) is 8. The van der Waals surface area contributed by atoms with E-state index in [4.69, 9.17) is 4.74 Å². The average Bonchev–Trinajstić information content (AvgIpc) is 3.40. The topological polar surface area (TPSA) is 79.4 Å². The lowest BCUT2D eigenvalue weighted by Gasteiger charge is -2.26. The number of carbonyl (C=O) groups excluding carboxylic acids is 1. The maximum Gasteiger partial charge on any atom is 0.265 e. The predicted molar refractivity (Wildman–Crippen MR) is 131 cm³/mol. The molecule has 0 bridgehead atoms. The first kappa shape index (κ1) is 21.9. The van der Waals surface area contributed by atoms with Crippen LogP contribution in [-0.4, -0.2) is 60.2 Å². The van der Waals surface area contributed by atoms with Crippen LogP contribution in [0.4, 0.5) is 15.2 Å². The zero-order valence-corrected chi connectivity index (χ0v) is 19.3. The third-order valence-electron chi connectivity index (χ3n) is 5.29. The molecule has 2 N–H and O–H groups in total. The van der Waals surface area contributed by atoms with Gasteiger partial charge in [-0.1, -0.05) is 23.5 Å². The molecule has 7 nitrogen and oxygen atoms in total. The average molecular weight is 484 g/mol. The molecule has 33 heavy (non-hydrogen) atoms. The van der Waals surface area contributed by atoms with Gasteiger partial charge in [0.15, 0.2) is 5.13 Å². The van der Waals surface area contributed by atoms with Crippen molar-refractivity contribution in [3.63, 3.8) is 0 Å². The number of rotatable bonds is 7. The van der Waals surface area contributed by atoms with Crippen molar-refractivity contribution in [1.29, 1.82) is 0 Å². The van der Waals surface area contributed by atoms with Gasteiger partial charge in [0.05, 0.1) is 34.7 Å². The third-order valence-corrected chi connectivity index (χ3v) is 7.40. The highest BCUT2D eigenvalue weighted by molar-refractivity contribution is 7.29. The molecule has 1 amide bonds. The number of nitrogens with zero attached hydrogens (tertiary/aromatic N) is 3. The molecule has 3 aromatic heterocycles. The van der Waals surface area contributed by atoms with E-state index in [1.807, 2.05) is 30.3 Å². The number of anilines is 2. The van der Waals surface area contributed by atoms with Crippen molar-refractivity contribution in [2.24, 2.45) is 0 Å². The number of carbonyl (C=O) groups is 1. The number of hydrogen-bond donors (Lipinski definition) is 2. The van der Waals surface area contributed by atoms with Crippen LogP contribution in [0.3, 0.4) is 0 Å². The van der Waals surface area contributed by atoms with E-state index < -0.39 is 0 Å². The molecule has 0 unspecified atom stereocenters. The van der Waals surface area contributed by atoms with Gasteiger partial charge in [-0.25, -0.2) is 9.37 Å². The summed E-state index contributed by atoms with van der Waals surface area (Å²) in [4.78, 5) is 25.2. The van der Waals surface area contributed by atoms with Crippen LogP contribution in [0, 0.1) is 5.82 Å². The Kier molecular flexibility index (Phi) is 6.58. The Hall–Kier alpha value is -2.92. The SMILES string of the molecule is O=C(Nc1ccc(-c2ccc(F)cn2)cc1)c1cc2sc(NCCN3CCOCC3)nc2s1. The summed E-state index contributed by atoms with van der Waals surface area (Å²) in [6.07, 6.45) is 1.19. The van der Waals surface area contributed by atoms with Crippen molar-refractivity contribution in [1.82, 2.24) is 14.9 Å². The first-order valence-corrected chi connectivity index (χ1v) is 12.2. The predicted octanol–water partition coefficient (Wildman–Crippen LogP) is 4.56. The van der Waals surface area contributed by atoms with Gasteiger partial charge in [0.2, 0.25) is 0 Å². The van der Waals surface area contributed by atoms with Gasteiger partial charge in [0, 0.05) is 37.4 Å². The van der Waals surface area contributed by atoms with Crippen molar-refractivity contribution >= 4 is 48.9 Å². The Balaban J connectivity index is 1.17. The minimum absolute atomic E-state index is 0.167. The molecule has 0 atom stereocenters. The van der Waals surface area contributed by atoms with Crippen LogP contribution in [0.5, 0.6) is 0 Å². The number of aromatic nitrogens is 2. The monoisotopic (exact) mass is 483 g/mol. The van der Waals surface area contributed by atoms with Crippen LogP contribution in [0.25, 0.3) is 20.8 Å². The number of ether oxygens (including phenoxy) is 1. The highest BCUT2D eigenvalue weighted by atomic mass is 32.1. The second kappa shape index (κ2) is 9.92. The summed E-state index contributed by atoms with van der Waals surface area (Å²) in [5, 5.41) is 7.18. The second-order valence-corrected chi connectivity index (χ2v) is 9.63. The number of halogens is 1. The Bertz CT molecular complexity index is 1200. The fraction of sp³-hybridized carbons (Fsp3) is 0.261. The van der Waals surface area contributed by atoms with Crippen molar-refractivity contribution in [3.8, 4) is 11.3 Å². The maximum absolute atomic E-state index is 13.1. The van der Waals surface area contributed by atoms with E-state index in [9.17, 15) is 9.18 Å². The van der Waals surface area contributed by atoms with E-state index in [1.165, 1.54) is 23.6 Å². The lowest BCUT2D eigenvalue weighted by molar-refractivity contribution is 0.0398. The number of thiazole rings is 1. The highest BCUT2D eigenvalue weighted by Crippen LogP contribution is 2.33. The van der Waals surface area contributed by atoms with Gasteiger partial charge in [0.1, 0.15) is 10.6 Å². The largest absolute Gasteiger partial charge is 0.379 e. The number of morpholine rings is 1. The van der Waals surface area contributed by atoms with Crippen LogP contribution in [0.2, 0.25) is 0 Å². The zero-order chi connectivity index (χ0) is 22.6. The molecular weight excluding hydrogens is 461 g/mol. The van der Waals surface area contributed by atoms with E-state index in [-0.39, 0.29) is 11.7 Å². The molecule has 10 heteroatoms. The molecule has 170 valence electrons. The molecule has 4 aromatic rings. The summed E-state index contributed by atoms with van der Waals surface area (Å²) < 4.78 is 19.4. The van der Waals surface area contributed by atoms with E-state index in [0.29, 0.717) is 16.3 Å². The first-order valence-electron chi connectivity index (χ1n) is 10.6. The molecule has 1 aromatic carbocycles. The summed E-state index contributed by atoms with van der Waals surface area (Å²) >= 11 is 2.94. The standard InChI is InChI=1S/C23H22FN5O2S2/c24-16-3-6-18(26-14-16)15-1-4-17(5-2-15)27-21(30)19-13-20-22(32-19)28-23(33-20)25-7-8-29-9-11-31-12-10-29/h1-6,13-14H,7-12H2,(H,25,28)(H,27,30). The van der Waals surface area contributed by atoms with Gasteiger partial charge in [0.25, 0.3) is 5.91 Å². The van der Waals surface area contributed by atoms with Crippen molar-refractivity contribution < 1.29 is 13.9 Å². The smallest absolute Gasteiger partial charge is 0.265 e. The van der Waals surface area contributed by atoms with Crippen LogP contribution in [-0.2, 0) is 4.74 Å². The van der Waals surface area contributed by atoms with E-state index >= 15 is 0 Å². The van der Waals surface area contributed by atoms with Gasteiger partial charge in [-0.2, -0.15) is 0 Å². The van der Waals surface area contributed by atoms with Crippen LogP contribution >= 0.6 is 22.7 Å². The van der Waals surface area contributed by atoms with Crippen molar-refractivity contribution in [2.75, 3.05) is 50.0 Å². The molecule has 4 heterocycles. The lowest BCUT2D eigenvalue weighted by Crippen LogP contribution is -2.38. The molecule has 5 rings (SSSR count). The Morgan fingerprint density at radius 1 is 1.12 bits per heavy atom. The number of thiophene rings is 1. The lowest BCUT2D eigenvalue weighted by atomic mass is 10.1. The minimum Gasteiger partial charge on any atom is -0.379 e. The number of pyridine rings is 1. The van der Waals surface area contributed by atoms with Crippen LogP contribution in [0.15, 0.2) is 48.7 Å². The normalized spacial score (nSPS) is 14.5. The first-order chi connectivity index (χ1) is 16.1. The zero-order valence-electron chi connectivity index (χ0n) is 17.7. The second-order valence-electron chi connectivity index (χ2n) is 7.57. The minimum atomic E-state index is -0.371. The van der Waals surface area contributed by atoms with Crippen molar-refractivity contribution in [3.05, 3.63) is 59.4 Å². The number of amides is 1. The molecule has 1 aliphatic heterocycles. The Morgan fingerprint density at radius 3 is 2.67 bits per heavy atom. The van der Waals surface area contributed by atoms with Gasteiger partial charge in [-0.15, -0.1) is 11.3 Å². The molecular formula is C23H22FN5O2S2. The number of benzene rings is 1. The van der Waals surface area contributed by atoms with Gasteiger partial charge in [-0.3, -0.25) is 14.7 Å². The van der Waals surface area contributed by atoms with E-state index in [2.05, 4.69) is 25.5 Å².